The van der Waals surface area contributed by atoms with Crippen LogP contribution >= 0.6 is 0 Å². The van der Waals surface area contributed by atoms with Crippen molar-refractivity contribution in [2.24, 2.45) is 0 Å². The van der Waals surface area contributed by atoms with Gasteiger partial charge in [0.2, 0.25) is 0 Å². The summed E-state index contributed by atoms with van der Waals surface area (Å²) in [5, 5.41) is 21.2. The molecule has 1 aromatic carbocycles. The van der Waals surface area contributed by atoms with Crippen LogP contribution in [-0.4, -0.2) is 26.6 Å². The van der Waals surface area contributed by atoms with Gasteiger partial charge in [-0.05, 0) is 31.5 Å². The van der Waals surface area contributed by atoms with Crippen LogP contribution in [0.5, 0.6) is 0 Å². The standard InChI is InChI=1S/C13H15N5O2/c19-18(20)10-6-4-9(5-7-10)12-15-13(17-16-12)11-3-1-2-8-14-11/h4-7,11,14H,1-3,8H2,(H,15,16,17). The van der Waals surface area contributed by atoms with Crippen LogP contribution in [-0.2, 0) is 0 Å². The van der Waals surface area contributed by atoms with E-state index in [1.54, 1.807) is 12.1 Å². The highest BCUT2D eigenvalue weighted by Gasteiger charge is 2.19. The molecule has 1 aromatic heterocycles. The number of nitro groups is 1. The quantitative estimate of drug-likeness (QED) is 0.660. The molecule has 104 valence electrons. The molecule has 1 aliphatic heterocycles. The molecule has 1 unspecified atom stereocenters. The number of nitrogens with zero attached hydrogens (tertiary/aromatic N) is 3. The van der Waals surface area contributed by atoms with Gasteiger partial charge in [-0.2, -0.15) is 5.10 Å². The molecule has 0 aliphatic carbocycles. The van der Waals surface area contributed by atoms with Gasteiger partial charge in [-0.25, -0.2) is 4.98 Å². The van der Waals surface area contributed by atoms with E-state index >= 15 is 0 Å². The fourth-order valence-corrected chi connectivity index (χ4v) is 2.38. The average Bonchev–Trinajstić information content (AvgIpc) is 2.98. The van der Waals surface area contributed by atoms with Gasteiger partial charge >= 0.3 is 0 Å². The van der Waals surface area contributed by atoms with Crippen molar-refractivity contribution in [2.45, 2.75) is 25.3 Å². The van der Waals surface area contributed by atoms with Gasteiger partial charge in [0.05, 0.1) is 11.0 Å². The first kappa shape index (κ1) is 12.7. The molecule has 0 radical (unpaired) electrons. The third-order valence-corrected chi connectivity index (χ3v) is 3.48. The molecule has 20 heavy (non-hydrogen) atoms. The lowest BCUT2D eigenvalue weighted by atomic mass is 10.0. The van der Waals surface area contributed by atoms with Crippen molar-refractivity contribution in [1.29, 1.82) is 0 Å². The summed E-state index contributed by atoms with van der Waals surface area (Å²) in [4.78, 5) is 14.7. The number of piperidine rings is 1. The lowest BCUT2D eigenvalue weighted by Crippen LogP contribution is -2.27. The second-order valence-corrected chi connectivity index (χ2v) is 4.85. The summed E-state index contributed by atoms with van der Waals surface area (Å²) >= 11 is 0. The van der Waals surface area contributed by atoms with Gasteiger partial charge in [-0.3, -0.25) is 15.2 Å². The Kier molecular flexibility index (Phi) is 3.42. The molecule has 0 bridgehead atoms. The van der Waals surface area contributed by atoms with Crippen LogP contribution in [0.15, 0.2) is 24.3 Å². The van der Waals surface area contributed by atoms with Crippen molar-refractivity contribution >= 4 is 5.69 Å². The Morgan fingerprint density at radius 3 is 2.70 bits per heavy atom. The van der Waals surface area contributed by atoms with E-state index in [2.05, 4.69) is 20.5 Å². The van der Waals surface area contributed by atoms with Gasteiger partial charge in [-0.1, -0.05) is 6.42 Å². The number of non-ortho nitro benzene ring substituents is 1. The van der Waals surface area contributed by atoms with E-state index in [0.29, 0.717) is 5.82 Å². The summed E-state index contributed by atoms with van der Waals surface area (Å²) in [5.41, 5.74) is 0.840. The molecule has 1 saturated heterocycles. The van der Waals surface area contributed by atoms with Crippen molar-refractivity contribution in [3.63, 3.8) is 0 Å². The summed E-state index contributed by atoms with van der Waals surface area (Å²) in [7, 11) is 0. The monoisotopic (exact) mass is 273 g/mol. The number of rotatable bonds is 3. The molecule has 0 spiro atoms. The predicted octanol–water partition coefficient (Wildman–Crippen LogP) is 2.19. The van der Waals surface area contributed by atoms with Crippen LogP contribution in [0.2, 0.25) is 0 Å². The first-order valence-electron chi connectivity index (χ1n) is 6.64. The molecule has 2 aromatic rings. The minimum Gasteiger partial charge on any atom is -0.307 e. The SMILES string of the molecule is O=[N+]([O-])c1ccc(-c2n[nH]c(C3CCCCN3)n2)cc1. The molecule has 7 heteroatoms. The second kappa shape index (κ2) is 5.38. The topological polar surface area (TPSA) is 96.7 Å². The Bertz CT molecular complexity index is 601. The summed E-state index contributed by atoms with van der Waals surface area (Å²) in [6.45, 7) is 0.998. The molecule has 0 saturated carbocycles. The van der Waals surface area contributed by atoms with E-state index < -0.39 is 4.92 Å². The van der Waals surface area contributed by atoms with Crippen molar-refractivity contribution < 1.29 is 4.92 Å². The highest BCUT2D eigenvalue weighted by Crippen LogP contribution is 2.23. The zero-order valence-electron chi connectivity index (χ0n) is 10.9. The summed E-state index contributed by atoms with van der Waals surface area (Å²) in [6.07, 6.45) is 3.43. The number of aromatic nitrogens is 3. The molecule has 7 nitrogen and oxygen atoms in total. The van der Waals surface area contributed by atoms with Crippen molar-refractivity contribution in [1.82, 2.24) is 20.5 Å². The van der Waals surface area contributed by atoms with E-state index in [9.17, 15) is 10.1 Å². The van der Waals surface area contributed by atoms with Crippen molar-refractivity contribution in [3.05, 3.63) is 40.2 Å². The van der Waals surface area contributed by atoms with Crippen LogP contribution in [0.3, 0.4) is 0 Å². The first-order valence-corrected chi connectivity index (χ1v) is 6.64. The van der Waals surface area contributed by atoms with E-state index in [1.165, 1.54) is 25.0 Å². The van der Waals surface area contributed by atoms with Crippen LogP contribution in [0.1, 0.15) is 31.1 Å². The number of hydrogen-bond acceptors (Lipinski definition) is 5. The highest BCUT2D eigenvalue weighted by molar-refractivity contribution is 5.56. The Hall–Kier alpha value is -2.28. The molecular weight excluding hydrogens is 258 g/mol. The first-order chi connectivity index (χ1) is 9.74. The lowest BCUT2D eigenvalue weighted by molar-refractivity contribution is -0.384. The van der Waals surface area contributed by atoms with Crippen LogP contribution in [0, 0.1) is 10.1 Å². The fourth-order valence-electron chi connectivity index (χ4n) is 2.38. The van der Waals surface area contributed by atoms with Crippen LogP contribution < -0.4 is 5.32 Å². The Morgan fingerprint density at radius 1 is 1.25 bits per heavy atom. The Labute approximate surface area is 115 Å². The Balaban J connectivity index is 1.80. The van der Waals surface area contributed by atoms with Gasteiger partial charge in [0.1, 0.15) is 5.82 Å². The number of H-pyrrole nitrogens is 1. The normalized spacial score (nSPS) is 18.9. The van der Waals surface area contributed by atoms with Gasteiger partial charge in [-0.15, -0.1) is 0 Å². The maximum Gasteiger partial charge on any atom is 0.269 e. The molecule has 2 N–H and O–H groups in total. The number of aromatic amines is 1. The van der Waals surface area contributed by atoms with E-state index in [-0.39, 0.29) is 11.7 Å². The fraction of sp³-hybridized carbons (Fsp3) is 0.385. The maximum absolute atomic E-state index is 10.6. The molecule has 0 amide bonds. The molecule has 1 aliphatic rings. The summed E-state index contributed by atoms with van der Waals surface area (Å²) < 4.78 is 0. The predicted molar refractivity (Wildman–Crippen MR) is 73.1 cm³/mol. The highest BCUT2D eigenvalue weighted by atomic mass is 16.6. The number of nitro benzene ring substituents is 1. The smallest absolute Gasteiger partial charge is 0.269 e. The van der Waals surface area contributed by atoms with Crippen molar-refractivity contribution in [2.75, 3.05) is 6.54 Å². The Morgan fingerprint density at radius 2 is 2.05 bits per heavy atom. The summed E-state index contributed by atoms with van der Waals surface area (Å²) in [6, 6.07) is 6.48. The zero-order valence-corrected chi connectivity index (χ0v) is 10.9. The van der Waals surface area contributed by atoms with E-state index in [0.717, 1.165) is 24.4 Å². The van der Waals surface area contributed by atoms with Gasteiger partial charge in [0, 0.05) is 17.7 Å². The van der Waals surface area contributed by atoms with Gasteiger partial charge in [0.15, 0.2) is 5.82 Å². The van der Waals surface area contributed by atoms with Crippen LogP contribution in [0.4, 0.5) is 5.69 Å². The average molecular weight is 273 g/mol. The summed E-state index contributed by atoms with van der Waals surface area (Å²) in [5.74, 6) is 1.40. The molecular formula is C13H15N5O2. The third-order valence-electron chi connectivity index (χ3n) is 3.48. The van der Waals surface area contributed by atoms with Gasteiger partial charge < -0.3 is 5.32 Å². The molecule has 3 rings (SSSR count). The third kappa shape index (κ3) is 2.53. The van der Waals surface area contributed by atoms with Crippen LogP contribution in [0.25, 0.3) is 11.4 Å². The molecule has 1 atom stereocenters. The zero-order chi connectivity index (χ0) is 13.9. The largest absolute Gasteiger partial charge is 0.307 e. The van der Waals surface area contributed by atoms with E-state index in [1.807, 2.05) is 0 Å². The number of benzene rings is 1. The minimum atomic E-state index is -0.418. The molecule has 1 fully saturated rings. The van der Waals surface area contributed by atoms with E-state index in [4.69, 9.17) is 0 Å². The maximum atomic E-state index is 10.6. The minimum absolute atomic E-state index is 0.0680. The lowest BCUT2D eigenvalue weighted by Gasteiger charge is -2.20. The van der Waals surface area contributed by atoms with Crippen molar-refractivity contribution in [3.8, 4) is 11.4 Å². The molecule has 2 heterocycles. The van der Waals surface area contributed by atoms with Gasteiger partial charge in [0.25, 0.3) is 5.69 Å². The number of hydrogen-bond donors (Lipinski definition) is 2. The number of nitrogens with one attached hydrogen (secondary N) is 2. The second-order valence-electron chi connectivity index (χ2n) is 4.85.